The molecule has 1 aromatic carbocycles. The molecule has 2 rings (SSSR count). The van der Waals surface area contributed by atoms with Crippen molar-refractivity contribution in [1.82, 2.24) is 0 Å². The van der Waals surface area contributed by atoms with E-state index in [2.05, 4.69) is 0 Å². The third-order valence-corrected chi connectivity index (χ3v) is 3.15. The summed E-state index contributed by atoms with van der Waals surface area (Å²) in [6.07, 6.45) is -1.53. The van der Waals surface area contributed by atoms with Crippen molar-refractivity contribution in [3.05, 3.63) is 35.4 Å². The topological polar surface area (TPSA) is 17.1 Å². The fraction of sp³-hybridized carbons (Fsp3) is 0.462. The van der Waals surface area contributed by atoms with Crippen molar-refractivity contribution < 1.29 is 18.0 Å². The van der Waals surface area contributed by atoms with Crippen LogP contribution >= 0.6 is 0 Å². The van der Waals surface area contributed by atoms with Gasteiger partial charge < -0.3 is 0 Å². The average molecular weight is 242 g/mol. The van der Waals surface area contributed by atoms with Crippen LogP contribution in [-0.2, 0) is 17.4 Å². The molecule has 0 radical (unpaired) electrons. The van der Waals surface area contributed by atoms with Gasteiger partial charge in [0.25, 0.3) is 0 Å². The van der Waals surface area contributed by atoms with E-state index in [-0.39, 0.29) is 5.78 Å². The quantitative estimate of drug-likeness (QED) is 0.774. The number of hydrogen-bond donors (Lipinski definition) is 0. The van der Waals surface area contributed by atoms with E-state index >= 15 is 0 Å². The van der Waals surface area contributed by atoms with Crippen LogP contribution in [0.1, 0.15) is 30.4 Å². The Morgan fingerprint density at radius 1 is 1.18 bits per heavy atom. The van der Waals surface area contributed by atoms with E-state index in [1.807, 2.05) is 0 Å². The summed E-state index contributed by atoms with van der Waals surface area (Å²) in [5, 5.41) is 0. The molecular formula is C13H13F3O. The van der Waals surface area contributed by atoms with E-state index in [1.165, 1.54) is 12.1 Å². The molecule has 92 valence electrons. The van der Waals surface area contributed by atoms with Crippen molar-refractivity contribution >= 4 is 5.78 Å². The largest absolute Gasteiger partial charge is 0.416 e. The highest BCUT2D eigenvalue weighted by Crippen LogP contribution is 2.30. The molecule has 4 heteroatoms. The standard InChI is InChI=1S/C13H13F3O/c14-13(15,16)11-4-1-9(2-5-11)7-10-3-6-12(17)8-10/h1-2,4-5,10H,3,6-8H2. The summed E-state index contributed by atoms with van der Waals surface area (Å²) in [6, 6.07) is 5.22. The van der Waals surface area contributed by atoms with Gasteiger partial charge in [-0.05, 0) is 36.5 Å². The van der Waals surface area contributed by atoms with Crippen molar-refractivity contribution in [1.29, 1.82) is 0 Å². The summed E-state index contributed by atoms with van der Waals surface area (Å²) in [7, 11) is 0. The first-order chi connectivity index (χ1) is 7.95. The summed E-state index contributed by atoms with van der Waals surface area (Å²) in [5.41, 5.74) is 0.251. The summed E-state index contributed by atoms with van der Waals surface area (Å²) in [6.45, 7) is 0. The highest BCUT2D eigenvalue weighted by Gasteiger charge is 2.30. The molecule has 1 atom stereocenters. The predicted octanol–water partition coefficient (Wildman–Crippen LogP) is 3.62. The third kappa shape index (κ3) is 3.08. The maximum Gasteiger partial charge on any atom is 0.416 e. The molecule has 1 saturated carbocycles. The number of hydrogen-bond acceptors (Lipinski definition) is 1. The van der Waals surface area contributed by atoms with Crippen molar-refractivity contribution in [3.8, 4) is 0 Å². The molecule has 1 aliphatic rings. The molecule has 1 fully saturated rings. The highest BCUT2D eigenvalue weighted by molar-refractivity contribution is 5.80. The van der Waals surface area contributed by atoms with E-state index in [0.717, 1.165) is 24.1 Å². The second-order valence-corrected chi connectivity index (χ2v) is 4.55. The molecule has 0 N–H and O–H groups in total. The minimum absolute atomic E-state index is 0.266. The zero-order valence-corrected chi connectivity index (χ0v) is 9.26. The molecule has 0 aromatic heterocycles. The highest BCUT2D eigenvalue weighted by atomic mass is 19.4. The first kappa shape index (κ1) is 12.1. The minimum atomic E-state index is -4.28. The summed E-state index contributed by atoms with van der Waals surface area (Å²) in [4.78, 5) is 11.1. The lowest BCUT2D eigenvalue weighted by atomic mass is 9.97. The normalized spacial score (nSPS) is 20.9. The molecule has 1 aliphatic carbocycles. The van der Waals surface area contributed by atoms with E-state index in [0.29, 0.717) is 25.2 Å². The SMILES string of the molecule is O=C1CCC(Cc2ccc(C(F)(F)F)cc2)C1. The van der Waals surface area contributed by atoms with Crippen molar-refractivity contribution in [2.75, 3.05) is 0 Å². The Morgan fingerprint density at radius 3 is 2.29 bits per heavy atom. The summed E-state index contributed by atoms with van der Waals surface area (Å²) >= 11 is 0. The first-order valence-corrected chi connectivity index (χ1v) is 5.63. The maximum absolute atomic E-state index is 12.3. The molecule has 0 spiro atoms. The third-order valence-electron chi connectivity index (χ3n) is 3.15. The van der Waals surface area contributed by atoms with Gasteiger partial charge in [0.1, 0.15) is 5.78 Å². The molecule has 1 unspecified atom stereocenters. The van der Waals surface area contributed by atoms with Gasteiger partial charge in [0.15, 0.2) is 0 Å². The molecule has 0 saturated heterocycles. The molecule has 0 aliphatic heterocycles. The molecule has 17 heavy (non-hydrogen) atoms. The monoisotopic (exact) mass is 242 g/mol. The lowest BCUT2D eigenvalue weighted by Gasteiger charge is -2.10. The lowest BCUT2D eigenvalue weighted by molar-refractivity contribution is -0.137. The number of rotatable bonds is 2. The molecule has 1 aromatic rings. The van der Waals surface area contributed by atoms with E-state index in [4.69, 9.17) is 0 Å². The van der Waals surface area contributed by atoms with Crippen LogP contribution in [-0.4, -0.2) is 5.78 Å². The average Bonchev–Trinajstić information content (AvgIpc) is 2.63. The van der Waals surface area contributed by atoms with Crippen LogP contribution in [0.25, 0.3) is 0 Å². The van der Waals surface area contributed by atoms with Gasteiger partial charge in [-0.1, -0.05) is 12.1 Å². The molecule has 1 nitrogen and oxygen atoms in total. The van der Waals surface area contributed by atoms with Crippen LogP contribution < -0.4 is 0 Å². The van der Waals surface area contributed by atoms with Gasteiger partial charge in [-0.3, -0.25) is 4.79 Å². The summed E-state index contributed by atoms with van der Waals surface area (Å²) < 4.78 is 37.0. The Bertz CT molecular complexity index is 406. The van der Waals surface area contributed by atoms with Crippen LogP contribution in [0.2, 0.25) is 0 Å². The van der Waals surface area contributed by atoms with E-state index in [9.17, 15) is 18.0 Å². The Kier molecular flexibility index (Phi) is 3.22. The lowest BCUT2D eigenvalue weighted by Crippen LogP contribution is -2.05. The Morgan fingerprint density at radius 2 is 1.82 bits per heavy atom. The van der Waals surface area contributed by atoms with Crippen molar-refractivity contribution in [2.45, 2.75) is 31.9 Å². The van der Waals surface area contributed by atoms with Gasteiger partial charge in [-0.2, -0.15) is 13.2 Å². The number of Topliss-reactive ketones (excluding diaryl/α,β-unsaturated/α-hetero) is 1. The fourth-order valence-corrected chi connectivity index (χ4v) is 2.23. The van der Waals surface area contributed by atoms with Crippen molar-refractivity contribution in [2.24, 2.45) is 5.92 Å². The number of carbonyl (C=O) groups is 1. The Balaban J connectivity index is 2.01. The van der Waals surface area contributed by atoms with E-state index in [1.54, 1.807) is 0 Å². The van der Waals surface area contributed by atoms with Gasteiger partial charge in [0.05, 0.1) is 5.56 Å². The number of halogens is 3. The molecule has 0 heterocycles. The number of alkyl halides is 3. The maximum atomic E-state index is 12.3. The first-order valence-electron chi connectivity index (χ1n) is 5.63. The van der Waals surface area contributed by atoms with E-state index < -0.39 is 11.7 Å². The van der Waals surface area contributed by atoms with Crippen molar-refractivity contribution in [3.63, 3.8) is 0 Å². The van der Waals surface area contributed by atoms with Crippen LogP contribution in [0, 0.1) is 5.92 Å². The predicted molar refractivity (Wildman–Crippen MR) is 57.5 cm³/mol. The number of benzene rings is 1. The fourth-order valence-electron chi connectivity index (χ4n) is 2.23. The van der Waals surface area contributed by atoms with Crippen LogP contribution in [0.3, 0.4) is 0 Å². The number of carbonyl (C=O) groups excluding carboxylic acids is 1. The van der Waals surface area contributed by atoms with Gasteiger partial charge in [0.2, 0.25) is 0 Å². The minimum Gasteiger partial charge on any atom is -0.300 e. The van der Waals surface area contributed by atoms with Crippen LogP contribution in [0.5, 0.6) is 0 Å². The summed E-state index contributed by atoms with van der Waals surface area (Å²) in [5.74, 6) is 0.571. The molecule has 0 amide bonds. The van der Waals surface area contributed by atoms with Gasteiger partial charge >= 0.3 is 6.18 Å². The second kappa shape index (κ2) is 4.51. The zero-order valence-electron chi connectivity index (χ0n) is 9.26. The molecular weight excluding hydrogens is 229 g/mol. The zero-order chi connectivity index (χ0) is 12.5. The van der Waals surface area contributed by atoms with Gasteiger partial charge in [-0.15, -0.1) is 0 Å². The Hall–Kier alpha value is -1.32. The Labute approximate surface area is 97.6 Å². The number of ketones is 1. The van der Waals surface area contributed by atoms with Gasteiger partial charge in [-0.25, -0.2) is 0 Å². The van der Waals surface area contributed by atoms with Crippen LogP contribution in [0.4, 0.5) is 13.2 Å². The smallest absolute Gasteiger partial charge is 0.300 e. The van der Waals surface area contributed by atoms with Crippen LogP contribution in [0.15, 0.2) is 24.3 Å². The second-order valence-electron chi connectivity index (χ2n) is 4.55. The van der Waals surface area contributed by atoms with Gasteiger partial charge in [0, 0.05) is 12.8 Å². The molecule has 0 bridgehead atoms.